The lowest BCUT2D eigenvalue weighted by Gasteiger charge is -2.31. The highest BCUT2D eigenvalue weighted by Crippen LogP contribution is 2.21. The third-order valence-corrected chi connectivity index (χ3v) is 5.18. The van der Waals surface area contributed by atoms with E-state index >= 15 is 0 Å². The summed E-state index contributed by atoms with van der Waals surface area (Å²) in [4.78, 5) is 18.9. The zero-order chi connectivity index (χ0) is 20.7. The number of ether oxygens (including phenoxy) is 1. The maximum atomic E-state index is 12.5. The van der Waals surface area contributed by atoms with Crippen LogP contribution in [0.4, 0.5) is 0 Å². The summed E-state index contributed by atoms with van der Waals surface area (Å²) in [5.41, 5.74) is -0.0545. The lowest BCUT2D eigenvalue weighted by molar-refractivity contribution is -0.122. The third kappa shape index (κ3) is 6.60. The van der Waals surface area contributed by atoms with Crippen LogP contribution in [0, 0.1) is 5.41 Å². The van der Waals surface area contributed by atoms with Crippen molar-refractivity contribution < 1.29 is 9.53 Å². The van der Waals surface area contributed by atoms with E-state index in [1.807, 2.05) is 10.8 Å². The van der Waals surface area contributed by atoms with Crippen LogP contribution in [0.25, 0.3) is 0 Å². The molecule has 0 radical (unpaired) electrons. The maximum absolute atomic E-state index is 12.5. The Bertz CT molecular complexity index is 747. The Morgan fingerprint density at radius 1 is 1.31 bits per heavy atom. The van der Waals surface area contributed by atoms with Crippen LogP contribution in [0.3, 0.4) is 0 Å². The Balaban J connectivity index is 1.46. The van der Waals surface area contributed by atoms with Crippen molar-refractivity contribution in [2.45, 2.75) is 59.3 Å². The van der Waals surface area contributed by atoms with Crippen LogP contribution in [0.5, 0.6) is 0 Å². The molecule has 3 heterocycles. The van der Waals surface area contributed by atoms with E-state index in [4.69, 9.17) is 4.74 Å². The van der Waals surface area contributed by atoms with Crippen molar-refractivity contribution in [1.82, 2.24) is 40.0 Å². The summed E-state index contributed by atoms with van der Waals surface area (Å²) < 4.78 is 9.18. The van der Waals surface area contributed by atoms with Gasteiger partial charge in [-0.3, -0.25) is 9.69 Å². The Morgan fingerprint density at radius 3 is 2.79 bits per heavy atom. The monoisotopic (exact) mass is 404 g/mol. The fraction of sp³-hybridized carbons (Fsp3) is 0.737. The normalized spacial score (nSPS) is 16.7. The quantitative estimate of drug-likeness (QED) is 0.657. The SMILES string of the molecule is CC(C)(C)C(Cn1ccnc1)NC(=O)CCCn1nnnc1CN1CCOCC1. The van der Waals surface area contributed by atoms with Gasteiger partial charge < -0.3 is 14.6 Å². The second-order valence-electron chi connectivity index (χ2n) is 8.56. The molecule has 10 heteroatoms. The molecule has 1 aliphatic rings. The van der Waals surface area contributed by atoms with Gasteiger partial charge in [0.15, 0.2) is 5.82 Å². The summed E-state index contributed by atoms with van der Waals surface area (Å²) in [5.74, 6) is 0.882. The Morgan fingerprint density at radius 2 is 2.10 bits per heavy atom. The summed E-state index contributed by atoms with van der Waals surface area (Å²) in [6.07, 6.45) is 6.57. The Hall–Kier alpha value is -2.33. The Kier molecular flexibility index (Phi) is 7.32. The number of aromatic nitrogens is 6. The van der Waals surface area contributed by atoms with Crippen LogP contribution in [0.1, 0.15) is 39.4 Å². The molecule has 1 N–H and O–H groups in total. The number of rotatable bonds is 9. The average molecular weight is 405 g/mol. The van der Waals surface area contributed by atoms with Crippen molar-refractivity contribution in [3.63, 3.8) is 0 Å². The predicted octanol–water partition coefficient (Wildman–Crippen LogP) is 0.713. The van der Waals surface area contributed by atoms with Crippen LogP contribution in [0.15, 0.2) is 18.7 Å². The second kappa shape index (κ2) is 9.93. The number of hydrogen-bond acceptors (Lipinski definition) is 7. The molecule has 10 nitrogen and oxygen atoms in total. The number of nitrogens with one attached hydrogen (secondary N) is 1. The number of aryl methyl sites for hydroxylation is 1. The summed E-state index contributed by atoms with van der Waals surface area (Å²) in [6.45, 7) is 11.7. The third-order valence-electron chi connectivity index (χ3n) is 5.18. The highest BCUT2D eigenvalue weighted by Gasteiger charge is 2.26. The van der Waals surface area contributed by atoms with E-state index in [9.17, 15) is 4.79 Å². The van der Waals surface area contributed by atoms with E-state index in [0.717, 1.165) is 32.1 Å². The van der Waals surface area contributed by atoms with Crippen LogP contribution in [-0.4, -0.2) is 72.9 Å². The van der Waals surface area contributed by atoms with E-state index in [1.54, 1.807) is 17.2 Å². The molecule has 1 saturated heterocycles. The number of tetrazole rings is 1. The van der Waals surface area contributed by atoms with Gasteiger partial charge in [-0.1, -0.05) is 20.8 Å². The van der Waals surface area contributed by atoms with Gasteiger partial charge in [0, 0.05) is 45.0 Å². The standard InChI is InChI=1S/C19H32N8O2/c1-19(2,3)16(13-26-8-6-20-15-26)21-18(28)5-4-7-27-17(22-23-24-27)14-25-9-11-29-12-10-25/h6,8,15-16H,4-5,7,9-14H2,1-3H3,(H,21,28). The largest absolute Gasteiger partial charge is 0.379 e. The van der Waals surface area contributed by atoms with Crippen LogP contribution < -0.4 is 5.32 Å². The molecule has 3 rings (SSSR count). The lowest BCUT2D eigenvalue weighted by atomic mass is 9.86. The highest BCUT2D eigenvalue weighted by atomic mass is 16.5. The number of imidazole rings is 1. The molecule has 0 aliphatic carbocycles. The van der Waals surface area contributed by atoms with Crippen molar-refractivity contribution >= 4 is 5.91 Å². The molecule has 1 atom stereocenters. The molecule has 160 valence electrons. The molecule has 0 spiro atoms. The van der Waals surface area contributed by atoms with Gasteiger partial charge in [0.2, 0.25) is 5.91 Å². The number of carbonyl (C=O) groups is 1. The van der Waals surface area contributed by atoms with Crippen molar-refractivity contribution in [3.05, 3.63) is 24.5 Å². The molecule has 1 fully saturated rings. The minimum atomic E-state index is -0.0545. The predicted molar refractivity (Wildman–Crippen MR) is 107 cm³/mol. The second-order valence-corrected chi connectivity index (χ2v) is 8.56. The first-order chi connectivity index (χ1) is 13.9. The molecular weight excluding hydrogens is 372 g/mol. The zero-order valence-electron chi connectivity index (χ0n) is 17.6. The van der Waals surface area contributed by atoms with E-state index in [-0.39, 0.29) is 17.4 Å². The molecule has 1 amide bonds. The van der Waals surface area contributed by atoms with Gasteiger partial charge in [-0.15, -0.1) is 5.10 Å². The summed E-state index contributed by atoms with van der Waals surface area (Å²) in [7, 11) is 0. The van der Waals surface area contributed by atoms with E-state index in [1.165, 1.54) is 0 Å². The zero-order valence-corrected chi connectivity index (χ0v) is 17.6. The van der Waals surface area contributed by atoms with Crippen LogP contribution in [-0.2, 0) is 29.2 Å². The fourth-order valence-electron chi connectivity index (χ4n) is 3.27. The molecule has 0 bridgehead atoms. The summed E-state index contributed by atoms with van der Waals surface area (Å²) in [6, 6.07) is 0.0223. The van der Waals surface area contributed by atoms with Gasteiger partial charge in [0.25, 0.3) is 0 Å². The van der Waals surface area contributed by atoms with Gasteiger partial charge in [-0.25, -0.2) is 9.67 Å². The lowest BCUT2D eigenvalue weighted by Crippen LogP contribution is -2.46. The van der Waals surface area contributed by atoms with Crippen molar-refractivity contribution in [2.24, 2.45) is 5.41 Å². The summed E-state index contributed by atoms with van der Waals surface area (Å²) in [5, 5.41) is 15.2. The van der Waals surface area contributed by atoms with Crippen molar-refractivity contribution in [3.8, 4) is 0 Å². The number of carbonyl (C=O) groups excluding carboxylic acids is 1. The van der Waals surface area contributed by atoms with Gasteiger partial charge in [0.1, 0.15) is 0 Å². The molecule has 29 heavy (non-hydrogen) atoms. The molecular formula is C19H32N8O2. The minimum absolute atomic E-state index is 0.0223. The van der Waals surface area contributed by atoms with E-state index < -0.39 is 0 Å². The molecule has 0 aromatic carbocycles. The number of amides is 1. The molecule has 2 aromatic heterocycles. The molecule has 1 aliphatic heterocycles. The van der Waals surface area contributed by atoms with E-state index in [0.29, 0.717) is 32.5 Å². The number of morpholine rings is 1. The van der Waals surface area contributed by atoms with Gasteiger partial charge in [-0.05, 0) is 22.3 Å². The molecule has 1 unspecified atom stereocenters. The molecule has 0 saturated carbocycles. The van der Waals surface area contributed by atoms with Crippen LogP contribution >= 0.6 is 0 Å². The highest BCUT2D eigenvalue weighted by molar-refractivity contribution is 5.76. The maximum Gasteiger partial charge on any atom is 0.220 e. The van der Waals surface area contributed by atoms with Crippen LogP contribution in [0.2, 0.25) is 0 Å². The number of nitrogens with zero attached hydrogens (tertiary/aromatic N) is 7. The first kappa shape index (κ1) is 21.4. The van der Waals surface area contributed by atoms with Crippen molar-refractivity contribution in [1.29, 1.82) is 0 Å². The van der Waals surface area contributed by atoms with Gasteiger partial charge in [-0.2, -0.15) is 0 Å². The van der Waals surface area contributed by atoms with E-state index in [2.05, 4.69) is 51.5 Å². The minimum Gasteiger partial charge on any atom is -0.379 e. The topological polar surface area (TPSA) is 103 Å². The Labute approximate surface area is 171 Å². The smallest absolute Gasteiger partial charge is 0.220 e. The number of hydrogen-bond donors (Lipinski definition) is 1. The first-order valence-electron chi connectivity index (χ1n) is 10.2. The van der Waals surface area contributed by atoms with Gasteiger partial charge >= 0.3 is 0 Å². The molecule has 2 aromatic rings. The summed E-state index contributed by atoms with van der Waals surface area (Å²) >= 11 is 0. The van der Waals surface area contributed by atoms with Crippen molar-refractivity contribution in [2.75, 3.05) is 26.3 Å². The average Bonchev–Trinajstić information content (AvgIpc) is 3.34. The fourth-order valence-corrected chi connectivity index (χ4v) is 3.27. The van der Waals surface area contributed by atoms with Gasteiger partial charge in [0.05, 0.1) is 32.1 Å². The first-order valence-corrected chi connectivity index (χ1v) is 10.2.